The topological polar surface area (TPSA) is 80.5 Å². The molecular weight excluding hydrogens is 316 g/mol. The highest BCUT2D eigenvalue weighted by Gasteiger charge is 2.37. The third kappa shape index (κ3) is 3.97. The highest BCUT2D eigenvalue weighted by atomic mass is 32.2. The number of primary sulfonamides is 1. The molecule has 0 saturated carbocycles. The van der Waals surface area contributed by atoms with Gasteiger partial charge in [0.2, 0.25) is 15.9 Å². The van der Waals surface area contributed by atoms with Crippen molar-refractivity contribution >= 4 is 29.7 Å². The number of hydrogen-bond acceptors (Lipinski definition) is 3. The molecule has 1 atom stereocenters. The van der Waals surface area contributed by atoms with Crippen LogP contribution in [0.4, 0.5) is 5.69 Å². The van der Waals surface area contributed by atoms with Crippen molar-refractivity contribution in [2.24, 2.45) is 5.14 Å². The monoisotopic (exact) mass is 336 g/mol. The Morgan fingerprint density at radius 2 is 1.91 bits per heavy atom. The van der Waals surface area contributed by atoms with Crippen LogP contribution in [0.3, 0.4) is 0 Å². The molecule has 0 spiro atoms. The van der Waals surface area contributed by atoms with Gasteiger partial charge >= 0.3 is 0 Å². The summed E-state index contributed by atoms with van der Waals surface area (Å²) >= 11 is 0. The highest BCUT2D eigenvalue weighted by Crippen LogP contribution is 2.27. The molecule has 5 nitrogen and oxygen atoms in total. The van der Waals surface area contributed by atoms with Crippen LogP contribution in [0, 0.1) is 11.5 Å². The van der Waals surface area contributed by atoms with Gasteiger partial charge in [0.15, 0.2) is 0 Å². The molecule has 2 rings (SSSR count). The van der Waals surface area contributed by atoms with Gasteiger partial charge in [0, 0.05) is 18.5 Å². The number of hydrogen-bond donors (Lipinski definition) is 1. The van der Waals surface area contributed by atoms with Crippen LogP contribution >= 0.6 is 0 Å². The van der Waals surface area contributed by atoms with Crippen LogP contribution in [-0.2, 0) is 14.8 Å². The number of carbonyl (C=O) groups is 1. The van der Waals surface area contributed by atoms with Crippen molar-refractivity contribution < 1.29 is 13.2 Å². The molecule has 0 aromatic heterocycles. The predicted octanol–water partition coefficient (Wildman–Crippen LogP) is 1.31. The van der Waals surface area contributed by atoms with E-state index in [1.807, 2.05) is 18.2 Å². The zero-order valence-electron chi connectivity index (χ0n) is 13.0. The predicted molar refractivity (Wildman–Crippen MR) is 90.5 cm³/mol. The van der Waals surface area contributed by atoms with Gasteiger partial charge in [0.1, 0.15) is 13.3 Å². The van der Waals surface area contributed by atoms with Gasteiger partial charge in [-0.05, 0) is 12.1 Å². The number of carbonyl (C=O) groups excluding carboxylic acids is 1. The second-order valence-electron chi connectivity index (χ2n) is 6.44. The zero-order chi connectivity index (χ0) is 16.5. The van der Waals surface area contributed by atoms with Crippen LogP contribution in [0.5, 0.6) is 0 Å². The van der Waals surface area contributed by atoms with E-state index in [2.05, 4.69) is 31.1 Å². The maximum absolute atomic E-state index is 12.2. The molecule has 1 heterocycles. The molecule has 0 bridgehead atoms. The Bertz CT molecular complexity index is 757. The number of para-hydroxylation sites is 1. The minimum Gasteiger partial charge on any atom is -0.310 e. The molecule has 0 aliphatic carbocycles. The molecule has 118 valence electrons. The van der Waals surface area contributed by atoms with Gasteiger partial charge in [0.05, 0.1) is 5.69 Å². The van der Waals surface area contributed by atoms with Crippen LogP contribution in [0.2, 0.25) is 19.6 Å². The maximum Gasteiger partial charge on any atom is 0.228 e. The number of nitrogens with two attached hydrogens (primary N) is 1. The molecular formula is C15H20N2O3SSi. The second kappa shape index (κ2) is 5.87. The summed E-state index contributed by atoms with van der Waals surface area (Å²) in [6, 6.07) is 7.31. The Balaban J connectivity index is 2.38. The summed E-state index contributed by atoms with van der Waals surface area (Å²) in [6.45, 7) is 6.51. The van der Waals surface area contributed by atoms with Gasteiger partial charge < -0.3 is 4.90 Å². The lowest BCUT2D eigenvalue weighted by Gasteiger charge is -2.18. The first kappa shape index (κ1) is 16.7. The third-order valence-electron chi connectivity index (χ3n) is 3.32. The fourth-order valence-corrected chi connectivity index (χ4v) is 3.44. The molecule has 1 amide bonds. The van der Waals surface area contributed by atoms with Gasteiger partial charge in [-0.2, -0.15) is 0 Å². The molecule has 1 unspecified atom stereocenters. The number of anilines is 1. The summed E-state index contributed by atoms with van der Waals surface area (Å²) < 4.78 is 22.9. The minimum absolute atomic E-state index is 0.0748. The van der Waals surface area contributed by atoms with E-state index >= 15 is 0 Å². The van der Waals surface area contributed by atoms with Crippen LogP contribution in [0.1, 0.15) is 12.0 Å². The number of sulfonamides is 1. The summed E-state index contributed by atoms with van der Waals surface area (Å²) in [5.41, 5.74) is 4.67. The molecule has 1 aromatic carbocycles. The lowest BCUT2D eigenvalue weighted by Crippen LogP contribution is -2.32. The van der Waals surface area contributed by atoms with Crippen LogP contribution in [0.25, 0.3) is 0 Å². The summed E-state index contributed by atoms with van der Waals surface area (Å²) in [5.74, 6) is 2.91. The lowest BCUT2D eigenvalue weighted by atomic mass is 10.1. The number of amides is 1. The lowest BCUT2D eigenvalue weighted by molar-refractivity contribution is -0.117. The molecule has 1 aromatic rings. The van der Waals surface area contributed by atoms with Crippen LogP contribution < -0.4 is 10.0 Å². The molecule has 1 fully saturated rings. The molecule has 1 aliphatic rings. The molecule has 1 aliphatic heterocycles. The number of nitrogens with zero attached hydrogens (tertiary/aromatic N) is 1. The fourth-order valence-electron chi connectivity index (χ4n) is 2.20. The van der Waals surface area contributed by atoms with E-state index in [0.29, 0.717) is 5.69 Å². The van der Waals surface area contributed by atoms with Crippen LogP contribution in [-0.4, -0.2) is 34.2 Å². The van der Waals surface area contributed by atoms with Crippen molar-refractivity contribution in [2.75, 3.05) is 11.4 Å². The van der Waals surface area contributed by atoms with Crippen molar-refractivity contribution in [1.82, 2.24) is 0 Å². The second-order valence-corrected chi connectivity index (χ2v) is 13.0. The van der Waals surface area contributed by atoms with Crippen molar-refractivity contribution in [3.8, 4) is 11.5 Å². The van der Waals surface area contributed by atoms with E-state index in [1.165, 1.54) is 4.90 Å². The zero-order valence-corrected chi connectivity index (χ0v) is 14.8. The quantitative estimate of drug-likeness (QED) is 0.653. The Morgan fingerprint density at radius 3 is 2.45 bits per heavy atom. The molecule has 1 saturated heterocycles. The Morgan fingerprint density at radius 1 is 1.27 bits per heavy atom. The maximum atomic E-state index is 12.2. The van der Waals surface area contributed by atoms with Crippen LogP contribution in [0.15, 0.2) is 24.3 Å². The largest absolute Gasteiger partial charge is 0.310 e. The van der Waals surface area contributed by atoms with E-state index in [0.717, 1.165) is 5.56 Å². The first-order chi connectivity index (χ1) is 10.1. The van der Waals surface area contributed by atoms with E-state index in [9.17, 15) is 13.2 Å². The minimum atomic E-state index is -3.72. The van der Waals surface area contributed by atoms with Gasteiger partial charge in [-0.3, -0.25) is 4.79 Å². The Kier molecular flexibility index (Phi) is 4.47. The number of rotatable bonds is 2. The molecule has 2 N–H and O–H groups in total. The van der Waals surface area contributed by atoms with Crippen molar-refractivity contribution in [2.45, 2.75) is 31.3 Å². The van der Waals surface area contributed by atoms with Crippen molar-refractivity contribution in [3.05, 3.63) is 29.8 Å². The van der Waals surface area contributed by atoms with E-state index in [4.69, 9.17) is 5.14 Å². The van der Waals surface area contributed by atoms with Crippen molar-refractivity contribution in [1.29, 1.82) is 0 Å². The van der Waals surface area contributed by atoms with E-state index < -0.39 is 23.3 Å². The van der Waals surface area contributed by atoms with Gasteiger partial charge in [-0.15, -0.1) is 5.54 Å². The van der Waals surface area contributed by atoms with Crippen molar-refractivity contribution in [3.63, 3.8) is 0 Å². The smallest absolute Gasteiger partial charge is 0.228 e. The standard InChI is InChI=1S/C15H20N2O3SSi/c1-22(2,3)9-8-12-6-4-5-7-14(12)17-11-13(10-15(17)18)21(16,19)20/h4-7,13H,10-11H2,1-3H3,(H2,16,19,20). The number of benzene rings is 1. The normalized spacial score (nSPS) is 19.0. The van der Waals surface area contributed by atoms with E-state index in [-0.39, 0.29) is 18.9 Å². The van der Waals surface area contributed by atoms with E-state index in [1.54, 1.807) is 6.07 Å². The summed E-state index contributed by atoms with van der Waals surface area (Å²) in [7, 11) is -5.26. The average molecular weight is 336 g/mol. The molecule has 22 heavy (non-hydrogen) atoms. The molecule has 0 radical (unpaired) electrons. The third-order valence-corrected chi connectivity index (χ3v) is 5.44. The SMILES string of the molecule is C[Si](C)(C)C#Cc1ccccc1N1CC(S(N)(=O)=O)CC1=O. The summed E-state index contributed by atoms with van der Waals surface area (Å²) in [5, 5.41) is 4.32. The highest BCUT2D eigenvalue weighted by molar-refractivity contribution is 7.89. The fraction of sp³-hybridized carbons (Fsp3) is 0.400. The van der Waals surface area contributed by atoms with Gasteiger partial charge in [-0.1, -0.05) is 37.7 Å². The Labute approximate surface area is 132 Å². The first-order valence-electron chi connectivity index (χ1n) is 7.02. The first-order valence-corrected chi connectivity index (χ1v) is 12.1. The molecule has 7 heteroatoms. The average Bonchev–Trinajstić information content (AvgIpc) is 2.78. The summed E-state index contributed by atoms with van der Waals surface area (Å²) in [4.78, 5) is 13.6. The summed E-state index contributed by atoms with van der Waals surface area (Å²) in [6.07, 6.45) is -0.0748. The van der Waals surface area contributed by atoms with Gasteiger partial charge in [-0.25, -0.2) is 13.6 Å². The van der Waals surface area contributed by atoms with Gasteiger partial charge in [0.25, 0.3) is 0 Å². The Hall–Kier alpha value is -1.62.